The molecule has 3 aliphatic carbocycles. The van der Waals surface area contributed by atoms with Crippen molar-refractivity contribution in [3.63, 3.8) is 0 Å². The number of nitrogens with zero attached hydrogens (tertiary/aromatic N) is 3. The van der Waals surface area contributed by atoms with Gasteiger partial charge in [0.05, 0.1) is 34.8 Å². The van der Waals surface area contributed by atoms with Crippen molar-refractivity contribution < 1.29 is 9.59 Å². The number of aromatic nitrogens is 2. The Labute approximate surface area is 230 Å². The number of imide groups is 1. The molecule has 2 bridgehead atoms. The van der Waals surface area contributed by atoms with Crippen molar-refractivity contribution in [1.29, 1.82) is 0 Å². The lowest BCUT2D eigenvalue weighted by atomic mass is 9.47. The van der Waals surface area contributed by atoms with Crippen LogP contribution in [0.15, 0.2) is 108 Å². The number of rotatable bonds is 5. The first kappa shape index (κ1) is 22.9. The molecule has 1 aliphatic heterocycles. The number of carbonyl (C=O) groups is 2. The summed E-state index contributed by atoms with van der Waals surface area (Å²) < 4.78 is 0. The van der Waals surface area contributed by atoms with Crippen LogP contribution in [0.25, 0.3) is 11.0 Å². The molecule has 0 unspecified atom stereocenters. The first-order valence-corrected chi connectivity index (χ1v) is 13.5. The van der Waals surface area contributed by atoms with Gasteiger partial charge in [0.1, 0.15) is 0 Å². The first-order valence-electron chi connectivity index (χ1n) is 13.5. The van der Waals surface area contributed by atoms with E-state index in [1.807, 2.05) is 85.1 Å². The number of aromatic amines is 1. The van der Waals surface area contributed by atoms with Gasteiger partial charge in [-0.1, -0.05) is 91.0 Å². The quantitative estimate of drug-likeness (QED) is 0.188. The lowest BCUT2D eigenvalue weighted by Gasteiger charge is -2.52. The number of hydrogen-bond donors (Lipinski definition) is 2. The largest absolute Gasteiger partial charge is 0.323 e. The fourth-order valence-corrected chi connectivity index (χ4v) is 7.23. The number of H-pyrrole nitrogens is 1. The van der Waals surface area contributed by atoms with Crippen LogP contribution in [0.1, 0.15) is 33.7 Å². The summed E-state index contributed by atoms with van der Waals surface area (Å²) in [5, 5.41) is 4.70. The van der Waals surface area contributed by atoms with E-state index in [1.165, 1.54) is 4.90 Å². The SMILES string of the molecule is O=C1[C@H]2C3c4ccccc4C(/C=N\Nc4nc5ccccc5[nH]4)(c4ccccc43)[C@H]2C(=O)N1Cc1ccccc1. The van der Waals surface area contributed by atoms with Gasteiger partial charge in [0, 0.05) is 12.1 Å². The molecule has 2 atom stereocenters. The van der Waals surface area contributed by atoms with Gasteiger partial charge < -0.3 is 4.98 Å². The van der Waals surface area contributed by atoms with E-state index in [0.29, 0.717) is 5.95 Å². The number of hydrazone groups is 1. The number of benzene rings is 4. The summed E-state index contributed by atoms with van der Waals surface area (Å²) in [6.45, 7) is 0.259. The fourth-order valence-electron chi connectivity index (χ4n) is 7.23. The molecule has 0 radical (unpaired) electrons. The zero-order chi connectivity index (χ0) is 26.8. The van der Waals surface area contributed by atoms with Crippen LogP contribution in [0.3, 0.4) is 0 Å². The average molecular weight is 524 g/mol. The lowest BCUT2D eigenvalue weighted by Crippen LogP contribution is -2.54. The minimum atomic E-state index is -0.913. The van der Waals surface area contributed by atoms with Crippen molar-refractivity contribution in [2.45, 2.75) is 17.9 Å². The second-order valence-electron chi connectivity index (χ2n) is 10.7. The van der Waals surface area contributed by atoms with Gasteiger partial charge in [-0.15, -0.1) is 0 Å². The maximum Gasteiger partial charge on any atom is 0.235 e. The number of para-hydroxylation sites is 2. The predicted molar refractivity (Wildman–Crippen MR) is 153 cm³/mol. The monoisotopic (exact) mass is 523 g/mol. The summed E-state index contributed by atoms with van der Waals surface area (Å²) in [5.74, 6) is -1.04. The molecule has 9 rings (SSSR count). The summed E-state index contributed by atoms with van der Waals surface area (Å²) in [5.41, 5.74) is 9.04. The Hall–Kier alpha value is -5.04. The Morgan fingerprint density at radius 3 is 2.20 bits per heavy atom. The third-order valence-electron chi connectivity index (χ3n) is 8.79. The van der Waals surface area contributed by atoms with Gasteiger partial charge in [0.25, 0.3) is 0 Å². The van der Waals surface area contributed by atoms with Crippen LogP contribution >= 0.6 is 0 Å². The van der Waals surface area contributed by atoms with E-state index in [0.717, 1.165) is 38.9 Å². The van der Waals surface area contributed by atoms with Crippen molar-refractivity contribution in [1.82, 2.24) is 14.9 Å². The van der Waals surface area contributed by atoms with Gasteiger partial charge in [-0.25, -0.2) is 10.4 Å². The lowest BCUT2D eigenvalue weighted by molar-refractivity contribution is -0.140. The molecule has 7 nitrogen and oxygen atoms in total. The van der Waals surface area contributed by atoms with E-state index in [2.05, 4.69) is 39.7 Å². The number of fused-ring (bicyclic) bond motifs is 1. The molecule has 0 saturated carbocycles. The van der Waals surface area contributed by atoms with E-state index < -0.39 is 17.3 Å². The number of hydrogen-bond acceptors (Lipinski definition) is 5. The van der Waals surface area contributed by atoms with Crippen LogP contribution in [0.5, 0.6) is 0 Å². The highest BCUT2D eigenvalue weighted by molar-refractivity contribution is 6.11. The second-order valence-corrected chi connectivity index (χ2v) is 10.7. The number of imidazole rings is 1. The Morgan fingerprint density at radius 2 is 1.48 bits per heavy atom. The zero-order valence-corrected chi connectivity index (χ0v) is 21.5. The van der Waals surface area contributed by atoms with Crippen LogP contribution in [0, 0.1) is 11.8 Å². The summed E-state index contributed by atoms with van der Waals surface area (Å²) in [7, 11) is 0. The summed E-state index contributed by atoms with van der Waals surface area (Å²) in [6.07, 6.45) is 1.84. The van der Waals surface area contributed by atoms with Crippen molar-refractivity contribution in [2.24, 2.45) is 16.9 Å². The number of nitrogens with one attached hydrogen (secondary N) is 2. The van der Waals surface area contributed by atoms with E-state index in [9.17, 15) is 9.59 Å². The van der Waals surface area contributed by atoms with Crippen LogP contribution in [0.2, 0.25) is 0 Å². The third kappa shape index (κ3) is 3.06. The molecule has 194 valence electrons. The maximum atomic E-state index is 14.3. The van der Waals surface area contributed by atoms with Gasteiger partial charge in [0.2, 0.25) is 17.8 Å². The van der Waals surface area contributed by atoms with Crippen LogP contribution in [-0.2, 0) is 21.5 Å². The smallest absolute Gasteiger partial charge is 0.235 e. The van der Waals surface area contributed by atoms with Gasteiger partial charge in [-0.05, 0) is 39.9 Å². The van der Waals surface area contributed by atoms with Crippen molar-refractivity contribution in [2.75, 3.05) is 5.43 Å². The summed E-state index contributed by atoms with van der Waals surface area (Å²) in [4.78, 5) is 37.7. The van der Waals surface area contributed by atoms with Gasteiger partial charge >= 0.3 is 0 Å². The van der Waals surface area contributed by atoms with Crippen molar-refractivity contribution >= 4 is 35.0 Å². The first-order chi connectivity index (χ1) is 19.7. The Morgan fingerprint density at radius 1 is 0.825 bits per heavy atom. The summed E-state index contributed by atoms with van der Waals surface area (Å²) >= 11 is 0. The average Bonchev–Trinajstić information content (AvgIpc) is 3.52. The fraction of sp³-hybridized carbons (Fsp3) is 0.152. The van der Waals surface area contributed by atoms with Crippen molar-refractivity contribution in [3.05, 3.63) is 131 Å². The predicted octanol–water partition coefficient (Wildman–Crippen LogP) is 5.21. The molecule has 40 heavy (non-hydrogen) atoms. The minimum Gasteiger partial charge on any atom is -0.323 e. The van der Waals surface area contributed by atoms with Gasteiger partial charge in [0.15, 0.2) is 0 Å². The standard InChI is InChI=1S/C33H25N5O2/c39-30-28-27-21-12-4-6-14-23(21)33(24-15-7-5-13-22(24)27,19-34-37-32-35-25-16-8-9-17-26(25)36-32)29(28)31(40)38(30)18-20-10-2-1-3-11-20/h1-17,19,27-29H,18H2,(H2,35,36,37)/b34-19-/t27?,28-,29+,33?/m0/s1. The zero-order valence-electron chi connectivity index (χ0n) is 21.5. The molecule has 1 aromatic heterocycles. The van der Waals surface area contributed by atoms with E-state index in [1.54, 1.807) is 0 Å². The molecule has 1 saturated heterocycles. The molecule has 4 aliphatic rings. The van der Waals surface area contributed by atoms with Gasteiger partial charge in [-0.2, -0.15) is 5.10 Å². The van der Waals surface area contributed by atoms with Gasteiger partial charge in [-0.3, -0.25) is 14.5 Å². The second kappa shape index (κ2) is 8.48. The van der Waals surface area contributed by atoms with E-state index >= 15 is 0 Å². The highest BCUT2D eigenvalue weighted by Gasteiger charge is 2.67. The molecule has 2 N–H and O–H groups in total. The molecular weight excluding hydrogens is 498 g/mol. The number of likely N-dealkylation sites (tertiary alicyclic amines) is 1. The van der Waals surface area contributed by atoms with Crippen LogP contribution in [0.4, 0.5) is 5.95 Å². The van der Waals surface area contributed by atoms with Crippen molar-refractivity contribution in [3.8, 4) is 0 Å². The maximum absolute atomic E-state index is 14.3. The molecular formula is C33H25N5O2. The third-order valence-corrected chi connectivity index (χ3v) is 8.79. The Bertz CT molecular complexity index is 1760. The Balaban J connectivity index is 1.28. The normalized spacial score (nSPS) is 24.4. The summed E-state index contributed by atoms with van der Waals surface area (Å²) in [6, 6.07) is 33.9. The number of amides is 2. The topological polar surface area (TPSA) is 90.5 Å². The number of carbonyl (C=O) groups excluding carboxylic acids is 2. The molecule has 2 heterocycles. The van der Waals surface area contributed by atoms with Crippen LogP contribution < -0.4 is 5.43 Å². The molecule has 2 amide bonds. The highest BCUT2D eigenvalue weighted by Crippen LogP contribution is 2.63. The molecule has 1 fully saturated rings. The molecule has 7 heteroatoms. The number of anilines is 1. The molecule has 5 aromatic rings. The van der Waals surface area contributed by atoms with E-state index in [4.69, 9.17) is 5.10 Å². The Kier molecular flexibility index (Phi) is 4.85. The minimum absolute atomic E-state index is 0.115. The molecule has 0 spiro atoms. The highest BCUT2D eigenvalue weighted by atomic mass is 16.2. The molecule has 4 aromatic carbocycles. The van der Waals surface area contributed by atoms with E-state index in [-0.39, 0.29) is 24.3 Å². The van der Waals surface area contributed by atoms with Crippen LogP contribution in [-0.4, -0.2) is 32.9 Å².